The Morgan fingerprint density at radius 3 is 2.85 bits per heavy atom. The van der Waals surface area contributed by atoms with E-state index in [2.05, 4.69) is 29.9 Å². The van der Waals surface area contributed by atoms with E-state index < -0.39 is 0 Å². The van der Waals surface area contributed by atoms with Gasteiger partial charge in [-0.1, -0.05) is 6.92 Å². The Kier molecular flexibility index (Phi) is 3.23. The van der Waals surface area contributed by atoms with Crippen LogP contribution in [0.3, 0.4) is 0 Å². The van der Waals surface area contributed by atoms with Crippen LogP contribution < -0.4 is 5.73 Å². The molecule has 8 heteroatoms. The first kappa shape index (κ1) is 12.8. The van der Waals surface area contributed by atoms with E-state index in [4.69, 9.17) is 5.73 Å². The Labute approximate surface area is 119 Å². The molecule has 0 spiro atoms. The van der Waals surface area contributed by atoms with Crippen molar-refractivity contribution in [1.82, 2.24) is 29.9 Å². The molecule has 0 saturated heterocycles. The molecule has 3 heterocycles. The molecule has 0 fully saturated rings. The van der Waals surface area contributed by atoms with Crippen LogP contribution in [0.1, 0.15) is 18.3 Å². The number of H-pyrrole nitrogens is 1. The molecule has 3 N–H and O–H groups in total. The first-order chi connectivity index (χ1) is 9.69. The fraction of sp³-hybridized carbons (Fsp3) is 0.250. The third kappa shape index (κ3) is 2.18. The van der Waals surface area contributed by atoms with E-state index in [1.54, 1.807) is 6.33 Å². The van der Waals surface area contributed by atoms with Gasteiger partial charge in [-0.3, -0.25) is 0 Å². The maximum absolute atomic E-state index is 5.93. The Bertz CT molecular complexity index is 768. The van der Waals surface area contributed by atoms with Gasteiger partial charge < -0.3 is 10.7 Å². The predicted octanol–water partition coefficient (Wildman–Crippen LogP) is 1.75. The van der Waals surface area contributed by atoms with E-state index >= 15 is 0 Å². The summed E-state index contributed by atoms with van der Waals surface area (Å²) >= 11 is 1.44. The normalized spacial score (nSPS) is 11.1. The Morgan fingerprint density at radius 2 is 2.05 bits per heavy atom. The van der Waals surface area contributed by atoms with Crippen LogP contribution >= 0.6 is 11.8 Å². The van der Waals surface area contributed by atoms with Gasteiger partial charge in [0.1, 0.15) is 33.5 Å². The predicted molar refractivity (Wildman–Crippen MR) is 76.4 cm³/mol. The maximum atomic E-state index is 5.93. The molecule has 3 rings (SSSR count). The van der Waals surface area contributed by atoms with Crippen LogP contribution in [0.15, 0.2) is 22.7 Å². The van der Waals surface area contributed by atoms with Gasteiger partial charge in [-0.25, -0.2) is 24.9 Å². The molecular formula is C12H13N7S. The molecule has 0 amide bonds. The average molecular weight is 287 g/mol. The van der Waals surface area contributed by atoms with Gasteiger partial charge in [0.15, 0.2) is 5.65 Å². The number of nitrogens with zero attached hydrogens (tertiary/aromatic N) is 5. The Morgan fingerprint density at radius 1 is 1.20 bits per heavy atom. The number of hydrogen-bond donors (Lipinski definition) is 2. The highest BCUT2D eigenvalue weighted by Gasteiger charge is 2.13. The number of aromatic nitrogens is 6. The lowest BCUT2D eigenvalue weighted by Crippen LogP contribution is -2.03. The van der Waals surface area contributed by atoms with Crippen molar-refractivity contribution in [3.05, 3.63) is 24.0 Å². The van der Waals surface area contributed by atoms with Crippen LogP contribution in [0, 0.1) is 6.92 Å². The molecule has 0 atom stereocenters. The van der Waals surface area contributed by atoms with Gasteiger partial charge in [0.25, 0.3) is 0 Å². The lowest BCUT2D eigenvalue weighted by Gasteiger charge is -2.08. The van der Waals surface area contributed by atoms with E-state index in [1.807, 2.05) is 13.8 Å². The van der Waals surface area contributed by atoms with Gasteiger partial charge in [0.2, 0.25) is 0 Å². The third-order valence-electron chi connectivity index (χ3n) is 2.88. The van der Waals surface area contributed by atoms with Crippen LogP contribution in [0.25, 0.3) is 11.2 Å². The zero-order chi connectivity index (χ0) is 14.1. The summed E-state index contributed by atoms with van der Waals surface area (Å²) in [4.78, 5) is 24.3. The SMILES string of the molecule is CCc1nc(N)c(C)c(Sc2ncnc3nc[nH]c23)n1. The average Bonchev–Trinajstić information content (AvgIpc) is 2.93. The largest absolute Gasteiger partial charge is 0.383 e. The van der Waals surface area contributed by atoms with Crippen LogP contribution in [-0.2, 0) is 6.42 Å². The quantitative estimate of drug-likeness (QED) is 0.707. The van der Waals surface area contributed by atoms with E-state index in [-0.39, 0.29) is 0 Å². The van der Waals surface area contributed by atoms with Crippen molar-refractivity contribution in [3.8, 4) is 0 Å². The minimum atomic E-state index is 0.509. The summed E-state index contributed by atoms with van der Waals surface area (Å²) < 4.78 is 0. The summed E-state index contributed by atoms with van der Waals surface area (Å²) in [6, 6.07) is 0. The number of hydrogen-bond acceptors (Lipinski definition) is 7. The second-order valence-corrected chi connectivity index (χ2v) is 5.17. The molecule has 102 valence electrons. The van der Waals surface area contributed by atoms with Crippen molar-refractivity contribution < 1.29 is 0 Å². The fourth-order valence-corrected chi connectivity index (χ4v) is 2.67. The van der Waals surface area contributed by atoms with Gasteiger partial charge in [0.05, 0.1) is 6.33 Å². The Hall–Kier alpha value is -2.22. The first-order valence-corrected chi connectivity index (χ1v) is 6.95. The van der Waals surface area contributed by atoms with E-state index in [1.165, 1.54) is 18.1 Å². The van der Waals surface area contributed by atoms with Crippen LogP contribution in [-0.4, -0.2) is 29.9 Å². The van der Waals surface area contributed by atoms with Gasteiger partial charge in [-0.2, -0.15) is 0 Å². The molecular weight excluding hydrogens is 274 g/mol. The molecule has 0 saturated carbocycles. The number of imidazole rings is 1. The Balaban J connectivity index is 2.07. The summed E-state index contributed by atoms with van der Waals surface area (Å²) in [5.74, 6) is 1.24. The molecule has 0 aliphatic rings. The number of rotatable bonds is 3. The molecule has 0 unspecified atom stereocenters. The number of fused-ring (bicyclic) bond motifs is 1. The molecule has 7 nitrogen and oxygen atoms in total. The minimum Gasteiger partial charge on any atom is -0.383 e. The monoisotopic (exact) mass is 287 g/mol. The summed E-state index contributed by atoms with van der Waals surface area (Å²) in [7, 11) is 0. The third-order valence-corrected chi connectivity index (χ3v) is 3.98. The molecule has 0 radical (unpaired) electrons. The lowest BCUT2D eigenvalue weighted by molar-refractivity contribution is 0.877. The first-order valence-electron chi connectivity index (χ1n) is 6.14. The van der Waals surface area contributed by atoms with Gasteiger partial charge >= 0.3 is 0 Å². The van der Waals surface area contributed by atoms with Crippen LogP contribution in [0.2, 0.25) is 0 Å². The van der Waals surface area contributed by atoms with E-state index in [9.17, 15) is 0 Å². The van der Waals surface area contributed by atoms with E-state index in [0.29, 0.717) is 11.5 Å². The van der Waals surface area contributed by atoms with Crippen molar-refractivity contribution in [2.75, 3.05) is 5.73 Å². The van der Waals surface area contributed by atoms with Gasteiger partial charge in [-0.15, -0.1) is 0 Å². The second kappa shape index (κ2) is 5.04. The highest BCUT2D eigenvalue weighted by Crippen LogP contribution is 2.31. The van der Waals surface area contributed by atoms with Crippen molar-refractivity contribution in [3.63, 3.8) is 0 Å². The molecule has 0 aromatic carbocycles. The standard InChI is InChI=1S/C12H13N7S/c1-3-7-18-9(13)6(2)11(19-7)20-12-8-10(15-4-14-8)16-5-17-12/h4-5H,3H2,1-2H3,(H2,13,18,19)(H,14,15,16,17). The topological polar surface area (TPSA) is 106 Å². The van der Waals surface area contributed by atoms with Gasteiger partial charge in [-0.05, 0) is 18.7 Å². The summed E-state index contributed by atoms with van der Waals surface area (Å²) in [6.45, 7) is 3.90. The highest BCUT2D eigenvalue weighted by atomic mass is 32.2. The van der Waals surface area contributed by atoms with Crippen LogP contribution in [0.4, 0.5) is 5.82 Å². The zero-order valence-corrected chi connectivity index (χ0v) is 11.9. The number of nitrogens with one attached hydrogen (secondary N) is 1. The smallest absolute Gasteiger partial charge is 0.181 e. The second-order valence-electron chi connectivity index (χ2n) is 4.19. The number of aryl methyl sites for hydroxylation is 1. The molecule has 3 aromatic heterocycles. The lowest BCUT2D eigenvalue weighted by atomic mass is 10.3. The maximum Gasteiger partial charge on any atom is 0.181 e. The number of aromatic amines is 1. The summed E-state index contributed by atoms with van der Waals surface area (Å²) in [6.07, 6.45) is 3.83. The van der Waals surface area contributed by atoms with Crippen LogP contribution in [0.5, 0.6) is 0 Å². The highest BCUT2D eigenvalue weighted by molar-refractivity contribution is 7.99. The molecule has 20 heavy (non-hydrogen) atoms. The fourth-order valence-electron chi connectivity index (χ4n) is 1.73. The number of nitrogens with two attached hydrogens (primary N) is 1. The van der Waals surface area contributed by atoms with Crippen molar-refractivity contribution in [2.45, 2.75) is 30.3 Å². The molecule has 0 bridgehead atoms. The minimum absolute atomic E-state index is 0.509. The molecule has 0 aliphatic carbocycles. The summed E-state index contributed by atoms with van der Waals surface area (Å²) in [5, 5.41) is 1.58. The molecule has 3 aromatic rings. The summed E-state index contributed by atoms with van der Waals surface area (Å²) in [5.41, 5.74) is 8.22. The number of nitrogen functional groups attached to an aromatic ring is 1. The van der Waals surface area contributed by atoms with Crippen molar-refractivity contribution >= 4 is 28.7 Å². The van der Waals surface area contributed by atoms with E-state index in [0.717, 1.165) is 33.4 Å². The molecule has 0 aliphatic heterocycles. The number of anilines is 1. The zero-order valence-electron chi connectivity index (χ0n) is 11.1. The van der Waals surface area contributed by atoms with Gasteiger partial charge in [0, 0.05) is 12.0 Å². The van der Waals surface area contributed by atoms with Crippen molar-refractivity contribution in [1.29, 1.82) is 0 Å². The van der Waals surface area contributed by atoms with Crippen molar-refractivity contribution in [2.24, 2.45) is 0 Å².